The normalized spacial score (nSPS) is 17.8. The van der Waals surface area contributed by atoms with E-state index in [2.05, 4.69) is 0 Å². The molecule has 2 rings (SSSR count). The molecular formula is C12H16ClNO. The fourth-order valence-corrected chi connectivity index (χ4v) is 2.14. The largest absolute Gasteiger partial charge is 0.388 e. The molecule has 0 bridgehead atoms. The van der Waals surface area contributed by atoms with E-state index in [-0.39, 0.29) is 0 Å². The van der Waals surface area contributed by atoms with E-state index in [1.54, 1.807) is 0 Å². The molecule has 3 heteroatoms. The van der Waals surface area contributed by atoms with Crippen molar-refractivity contribution < 1.29 is 5.11 Å². The third kappa shape index (κ3) is 2.51. The van der Waals surface area contributed by atoms with Crippen LogP contribution in [0.4, 0.5) is 0 Å². The lowest BCUT2D eigenvalue weighted by molar-refractivity contribution is 0.170. The Balaban J connectivity index is 2.16. The summed E-state index contributed by atoms with van der Waals surface area (Å²) in [6.07, 6.45) is 2.58. The van der Waals surface area contributed by atoms with Gasteiger partial charge in [0.1, 0.15) is 0 Å². The van der Waals surface area contributed by atoms with E-state index in [0.717, 1.165) is 10.6 Å². The van der Waals surface area contributed by atoms with Gasteiger partial charge in [0.2, 0.25) is 0 Å². The van der Waals surface area contributed by atoms with Crippen molar-refractivity contribution in [3.63, 3.8) is 0 Å². The maximum atomic E-state index is 9.75. The summed E-state index contributed by atoms with van der Waals surface area (Å²) in [5.74, 6) is 0.651. The molecule has 1 unspecified atom stereocenters. The Morgan fingerprint density at radius 1 is 1.47 bits per heavy atom. The Bertz CT molecular complexity index is 349. The summed E-state index contributed by atoms with van der Waals surface area (Å²) in [5, 5.41) is 10.5. The lowest BCUT2D eigenvalue weighted by Crippen LogP contribution is -2.06. The third-order valence-electron chi connectivity index (χ3n) is 2.87. The number of halogens is 1. The van der Waals surface area contributed by atoms with Crippen LogP contribution in [0.1, 0.15) is 42.4 Å². The lowest BCUT2D eigenvalue weighted by atomic mass is 10.0. The highest BCUT2D eigenvalue weighted by molar-refractivity contribution is 6.31. The summed E-state index contributed by atoms with van der Waals surface area (Å²) in [6.45, 7) is 0.489. The molecule has 1 aliphatic rings. The number of benzene rings is 1. The molecule has 0 radical (unpaired) electrons. The lowest BCUT2D eigenvalue weighted by Gasteiger charge is -2.11. The smallest absolute Gasteiger partial charge is 0.0802 e. The summed E-state index contributed by atoms with van der Waals surface area (Å²) in [5.41, 5.74) is 7.49. The first-order valence-corrected chi connectivity index (χ1v) is 5.77. The van der Waals surface area contributed by atoms with E-state index in [0.29, 0.717) is 18.9 Å². The molecule has 1 aromatic carbocycles. The third-order valence-corrected chi connectivity index (χ3v) is 3.19. The molecule has 1 aliphatic carbocycles. The molecule has 0 saturated heterocycles. The average molecular weight is 226 g/mol. The fraction of sp³-hybridized carbons (Fsp3) is 0.500. The van der Waals surface area contributed by atoms with Crippen molar-refractivity contribution in [3.8, 4) is 0 Å². The predicted molar refractivity (Wildman–Crippen MR) is 62.1 cm³/mol. The first-order chi connectivity index (χ1) is 7.22. The molecule has 1 fully saturated rings. The van der Waals surface area contributed by atoms with Gasteiger partial charge in [-0.2, -0.15) is 0 Å². The zero-order valence-electron chi connectivity index (χ0n) is 8.62. The van der Waals surface area contributed by atoms with Gasteiger partial charge in [-0.3, -0.25) is 0 Å². The first kappa shape index (κ1) is 10.9. The van der Waals surface area contributed by atoms with Gasteiger partial charge >= 0.3 is 0 Å². The van der Waals surface area contributed by atoms with Gasteiger partial charge in [0, 0.05) is 5.02 Å². The minimum atomic E-state index is -0.485. The second kappa shape index (κ2) is 4.52. The Morgan fingerprint density at radius 3 is 2.73 bits per heavy atom. The van der Waals surface area contributed by atoms with Gasteiger partial charge in [0.25, 0.3) is 0 Å². The van der Waals surface area contributed by atoms with Gasteiger partial charge < -0.3 is 10.8 Å². The van der Waals surface area contributed by atoms with Gasteiger partial charge in [-0.25, -0.2) is 0 Å². The van der Waals surface area contributed by atoms with Crippen molar-refractivity contribution in [1.82, 2.24) is 0 Å². The van der Waals surface area contributed by atoms with Gasteiger partial charge in [-0.05, 0) is 48.9 Å². The molecule has 1 aromatic rings. The van der Waals surface area contributed by atoms with E-state index < -0.39 is 6.10 Å². The number of aliphatic hydroxyl groups is 1. The molecule has 0 heterocycles. The number of nitrogens with two attached hydrogens (primary N) is 1. The second-order valence-electron chi connectivity index (χ2n) is 4.15. The van der Waals surface area contributed by atoms with Gasteiger partial charge in [-0.1, -0.05) is 23.7 Å². The molecule has 3 N–H and O–H groups in total. The van der Waals surface area contributed by atoms with Crippen LogP contribution in [0, 0.1) is 0 Å². The summed E-state index contributed by atoms with van der Waals surface area (Å²) < 4.78 is 0. The SMILES string of the molecule is NCCC(O)c1ccc(C2CC2)c(Cl)c1. The molecule has 82 valence electrons. The maximum Gasteiger partial charge on any atom is 0.0802 e. The summed E-state index contributed by atoms with van der Waals surface area (Å²) in [6, 6.07) is 5.87. The molecule has 1 saturated carbocycles. The fourth-order valence-electron chi connectivity index (χ4n) is 1.80. The molecule has 0 spiro atoms. The number of rotatable bonds is 4. The Hall–Kier alpha value is -0.570. The van der Waals surface area contributed by atoms with Crippen molar-refractivity contribution in [2.45, 2.75) is 31.3 Å². The van der Waals surface area contributed by atoms with Crippen LogP contribution in [0.25, 0.3) is 0 Å². The Kier molecular flexibility index (Phi) is 3.29. The van der Waals surface area contributed by atoms with Crippen LogP contribution in [-0.4, -0.2) is 11.7 Å². The van der Waals surface area contributed by atoms with Crippen LogP contribution in [0.5, 0.6) is 0 Å². The second-order valence-corrected chi connectivity index (χ2v) is 4.56. The average Bonchev–Trinajstić information content (AvgIpc) is 3.01. The highest BCUT2D eigenvalue weighted by atomic mass is 35.5. The summed E-state index contributed by atoms with van der Waals surface area (Å²) >= 11 is 6.17. The standard InChI is InChI=1S/C12H16ClNO/c13-11-7-9(12(15)5-6-14)3-4-10(11)8-1-2-8/h3-4,7-8,12,15H,1-2,5-6,14H2. The molecule has 0 amide bonds. The molecular weight excluding hydrogens is 210 g/mol. The first-order valence-electron chi connectivity index (χ1n) is 5.40. The zero-order valence-corrected chi connectivity index (χ0v) is 9.37. The molecule has 15 heavy (non-hydrogen) atoms. The minimum absolute atomic E-state index is 0.485. The van der Waals surface area contributed by atoms with E-state index in [1.165, 1.54) is 18.4 Å². The van der Waals surface area contributed by atoms with Crippen LogP contribution in [0.3, 0.4) is 0 Å². The van der Waals surface area contributed by atoms with Gasteiger partial charge in [0.15, 0.2) is 0 Å². The maximum absolute atomic E-state index is 9.75. The van der Waals surface area contributed by atoms with Crippen LogP contribution in [-0.2, 0) is 0 Å². The number of aliphatic hydroxyl groups excluding tert-OH is 1. The quantitative estimate of drug-likeness (QED) is 0.828. The monoisotopic (exact) mass is 225 g/mol. The van der Waals surface area contributed by atoms with Crippen molar-refractivity contribution in [3.05, 3.63) is 34.3 Å². The molecule has 1 atom stereocenters. The van der Waals surface area contributed by atoms with Crippen LogP contribution in [0.15, 0.2) is 18.2 Å². The van der Waals surface area contributed by atoms with Crippen LogP contribution < -0.4 is 5.73 Å². The van der Waals surface area contributed by atoms with E-state index >= 15 is 0 Å². The molecule has 2 nitrogen and oxygen atoms in total. The predicted octanol–water partition coefficient (Wildman–Crippen LogP) is 2.60. The van der Waals surface area contributed by atoms with Gasteiger partial charge in [-0.15, -0.1) is 0 Å². The van der Waals surface area contributed by atoms with Crippen LogP contribution in [0.2, 0.25) is 5.02 Å². The van der Waals surface area contributed by atoms with Crippen molar-refractivity contribution in [2.24, 2.45) is 5.73 Å². The van der Waals surface area contributed by atoms with E-state index in [1.807, 2.05) is 18.2 Å². The zero-order chi connectivity index (χ0) is 10.8. The summed E-state index contributed by atoms with van der Waals surface area (Å²) in [7, 11) is 0. The Labute approximate surface area is 95.1 Å². The van der Waals surface area contributed by atoms with E-state index in [9.17, 15) is 5.11 Å². The summed E-state index contributed by atoms with van der Waals surface area (Å²) in [4.78, 5) is 0. The van der Waals surface area contributed by atoms with Crippen molar-refractivity contribution in [2.75, 3.05) is 6.54 Å². The minimum Gasteiger partial charge on any atom is -0.388 e. The van der Waals surface area contributed by atoms with Gasteiger partial charge in [0.05, 0.1) is 6.10 Å². The number of hydrogen-bond acceptors (Lipinski definition) is 2. The molecule has 0 aromatic heterocycles. The van der Waals surface area contributed by atoms with Crippen LogP contribution >= 0.6 is 11.6 Å². The van der Waals surface area contributed by atoms with Crippen molar-refractivity contribution >= 4 is 11.6 Å². The number of hydrogen-bond donors (Lipinski definition) is 2. The molecule has 0 aliphatic heterocycles. The highest BCUT2D eigenvalue weighted by Gasteiger charge is 2.25. The Morgan fingerprint density at radius 2 is 2.20 bits per heavy atom. The van der Waals surface area contributed by atoms with Crippen molar-refractivity contribution in [1.29, 1.82) is 0 Å². The van der Waals surface area contributed by atoms with E-state index in [4.69, 9.17) is 17.3 Å². The highest BCUT2D eigenvalue weighted by Crippen LogP contribution is 2.43. The topological polar surface area (TPSA) is 46.2 Å².